The van der Waals surface area contributed by atoms with E-state index in [1.807, 2.05) is 13.0 Å². The summed E-state index contributed by atoms with van der Waals surface area (Å²) in [5.74, 6) is 0.469. The summed E-state index contributed by atoms with van der Waals surface area (Å²) in [6.07, 6.45) is 0. The standard InChI is InChI=1S/C12H14FN3/c1-8-6-12(15-5-4-14)16-11-7-9(13)2-3-10(8)11/h2-3,6-7H,4-5,14H2,1H3,(H,15,16). The van der Waals surface area contributed by atoms with Crippen molar-refractivity contribution >= 4 is 16.7 Å². The van der Waals surface area contributed by atoms with Crippen LogP contribution in [0.15, 0.2) is 24.3 Å². The molecule has 0 saturated carbocycles. The van der Waals surface area contributed by atoms with Gasteiger partial charge in [-0.2, -0.15) is 0 Å². The maximum atomic E-state index is 13.1. The van der Waals surface area contributed by atoms with Crippen LogP contribution in [0.2, 0.25) is 0 Å². The summed E-state index contributed by atoms with van der Waals surface area (Å²) in [6.45, 7) is 3.19. The van der Waals surface area contributed by atoms with Crippen LogP contribution in [0.5, 0.6) is 0 Å². The summed E-state index contributed by atoms with van der Waals surface area (Å²) in [7, 11) is 0. The van der Waals surface area contributed by atoms with Crippen molar-refractivity contribution in [2.24, 2.45) is 5.73 Å². The molecule has 0 unspecified atom stereocenters. The van der Waals surface area contributed by atoms with Crippen molar-refractivity contribution in [2.45, 2.75) is 6.92 Å². The van der Waals surface area contributed by atoms with E-state index in [9.17, 15) is 4.39 Å². The largest absolute Gasteiger partial charge is 0.369 e. The monoisotopic (exact) mass is 219 g/mol. The maximum Gasteiger partial charge on any atom is 0.126 e. The Morgan fingerprint density at radius 2 is 2.19 bits per heavy atom. The molecule has 1 aromatic carbocycles. The number of aryl methyl sites for hydroxylation is 1. The zero-order valence-electron chi connectivity index (χ0n) is 9.13. The first-order chi connectivity index (χ1) is 7.70. The molecule has 0 spiro atoms. The lowest BCUT2D eigenvalue weighted by Gasteiger charge is -2.08. The van der Waals surface area contributed by atoms with E-state index in [1.165, 1.54) is 12.1 Å². The average molecular weight is 219 g/mol. The van der Waals surface area contributed by atoms with Gasteiger partial charge >= 0.3 is 0 Å². The highest BCUT2D eigenvalue weighted by molar-refractivity contribution is 5.83. The third kappa shape index (κ3) is 2.12. The Kier molecular flexibility index (Phi) is 3.01. The zero-order chi connectivity index (χ0) is 11.5. The molecule has 1 heterocycles. The van der Waals surface area contributed by atoms with Gasteiger partial charge in [0.15, 0.2) is 0 Å². The second-order valence-corrected chi connectivity index (χ2v) is 3.70. The SMILES string of the molecule is Cc1cc(NCCN)nc2cc(F)ccc12. The number of nitrogens with two attached hydrogens (primary N) is 1. The molecule has 16 heavy (non-hydrogen) atoms. The van der Waals surface area contributed by atoms with E-state index in [0.717, 1.165) is 16.8 Å². The highest BCUT2D eigenvalue weighted by atomic mass is 19.1. The van der Waals surface area contributed by atoms with Crippen LogP contribution < -0.4 is 11.1 Å². The Labute approximate surface area is 93.5 Å². The molecule has 2 rings (SSSR count). The molecule has 84 valence electrons. The van der Waals surface area contributed by atoms with Crippen molar-refractivity contribution in [1.82, 2.24) is 4.98 Å². The first-order valence-corrected chi connectivity index (χ1v) is 5.21. The van der Waals surface area contributed by atoms with E-state index in [2.05, 4.69) is 10.3 Å². The van der Waals surface area contributed by atoms with Crippen LogP contribution in [-0.2, 0) is 0 Å². The minimum Gasteiger partial charge on any atom is -0.369 e. The molecule has 0 aliphatic rings. The summed E-state index contributed by atoms with van der Waals surface area (Å²) in [4.78, 5) is 4.33. The molecule has 2 aromatic rings. The molecule has 0 fully saturated rings. The molecule has 3 N–H and O–H groups in total. The van der Waals surface area contributed by atoms with Gasteiger partial charge in [-0.1, -0.05) is 0 Å². The third-order valence-electron chi connectivity index (χ3n) is 2.43. The number of fused-ring (bicyclic) bond motifs is 1. The van der Waals surface area contributed by atoms with Crippen LogP contribution in [0.1, 0.15) is 5.56 Å². The van der Waals surface area contributed by atoms with Gasteiger partial charge in [0.2, 0.25) is 0 Å². The quantitative estimate of drug-likeness (QED) is 0.830. The number of halogens is 1. The minimum atomic E-state index is -0.268. The van der Waals surface area contributed by atoms with Crippen molar-refractivity contribution in [1.29, 1.82) is 0 Å². The Morgan fingerprint density at radius 1 is 1.38 bits per heavy atom. The molecule has 0 aliphatic carbocycles. The highest BCUT2D eigenvalue weighted by Crippen LogP contribution is 2.20. The topological polar surface area (TPSA) is 50.9 Å². The molecule has 1 aromatic heterocycles. The number of nitrogens with zero attached hydrogens (tertiary/aromatic N) is 1. The fraction of sp³-hybridized carbons (Fsp3) is 0.250. The summed E-state index contributed by atoms with van der Waals surface area (Å²) in [5, 5.41) is 4.06. The normalized spacial score (nSPS) is 10.7. The Bertz CT molecular complexity index is 511. The Balaban J connectivity index is 2.47. The second kappa shape index (κ2) is 4.45. The molecular weight excluding hydrogens is 205 g/mol. The number of benzene rings is 1. The highest BCUT2D eigenvalue weighted by Gasteiger charge is 2.03. The van der Waals surface area contributed by atoms with Crippen LogP contribution in [0.3, 0.4) is 0 Å². The number of hydrogen-bond donors (Lipinski definition) is 2. The van der Waals surface area contributed by atoms with Crippen molar-refractivity contribution in [2.75, 3.05) is 18.4 Å². The lowest BCUT2D eigenvalue weighted by molar-refractivity contribution is 0.629. The van der Waals surface area contributed by atoms with Crippen LogP contribution in [0.25, 0.3) is 10.9 Å². The summed E-state index contributed by atoms with van der Waals surface area (Å²) in [6, 6.07) is 6.58. The molecule has 0 atom stereocenters. The van der Waals surface area contributed by atoms with Crippen molar-refractivity contribution in [3.05, 3.63) is 35.6 Å². The van der Waals surface area contributed by atoms with Crippen molar-refractivity contribution in [3.8, 4) is 0 Å². The first kappa shape index (κ1) is 10.8. The number of pyridine rings is 1. The Hall–Kier alpha value is -1.68. The Morgan fingerprint density at radius 3 is 2.94 bits per heavy atom. The first-order valence-electron chi connectivity index (χ1n) is 5.21. The lowest BCUT2D eigenvalue weighted by Crippen LogP contribution is -2.14. The molecular formula is C12H14FN3. The number of hydrogen-bond acceptors (Lipinski definition) is 3. The van der Waals surface area contributed by atoms with Gasteiger partial charge in [-0.05, 0) is 30.7 Å². The van der Waals surface area contributed by atoms with Crippen molar-refractivity contribution < 1.29 is 4.39 Å². The smallest absolute Gasteiger partial charge is 0.126 e. The molecule has 0 saturated heterocycles. The predicted octanol–water partition coefficient (Wildman–Crippen LogP) is 2.05. The van der Waals surface area contributed by atoms with Gasteiger partial charge < -0.3 is 11.1 Å². The van der Waals surface area contributed by atoms with Crippen LogP contribution in [0, 0.1) is 12.7 Å². The number of rotatable bonds is 3. The van der Waals surface area contributed by atoms with E-state index < -0.39 is 0 Å². The fourth-order valence-corrected chi connectivity index (χ4v) is 1.67. The molecule has 0 amide bonds. The van der Waals surface area contributed by atoms with Crippen LogP contribution in [0.4, 0.5) is 10.2 Å². The third-order valence-corrected chi connectivity index (χ3v) is 2.43. The predicted molar refractivity (Wildman–Crippen MR) is 64.0 cm³/mol. The number of nitrogens with one attached hydrogen (secondary N) is 1. The van der Waals surface area contributed by atoms with Crippen molar-refractivity contribution in [3.63, 3.8) is 0 Å². The molecule has 4 heteroatoms. The van der Waals surface area contributed by atoms with E-state index in [1.54, 1.807) is 6.07 Å². The molecule has 3 nitrogen and oxygen atoms in total. The summed E-state index contributed by atoms with van der Waals surface area (Å²) < 4.78 is 13.1. The average Bonchev–Trinajstić information content (AvgIpc) is 2.25. The number of aromatic nitrogens is 1. The van der Waals surface area contributed by atoms with Gasteiger partial charge in [0, 0.05) is 24.5 Å². The van der Waals surface area contributed by atoms with Gasteiger partial charge in [-0.25, -0.2) is 9.37 Å². The van der Waals surface area contributed by atoms with Gasteiger partial charge in [0.1, 0.15) is 11.6 Å². The van der Waals surface area contributed by atoms with Crippen LogP contribution >= 0.6 is 0 Å². The second-order valence-electron chi connectivity index (χ2n) is 3.70. The van der Waals surface area contributed by atoms with Gasteiger partial charge in [0.05, 0.1) is 5.52 Å². The molecule has 0 bridgehead atoms. The zero-order valence-corrected chi connectivity index (χ0v) is 9.13. The van der Waals surface area contributed by atoms with E-state index in [4.69, 9.17) is 5.73 Å². The molecule has 0 radical (unpaired) electrons. The van der Waals surface area contributed by atoms with E-state index in [-0.39, 0.29) is 5.82 Å². The van der Waals surface area contributed by atoms with E-state index in [0.29, 0.717) is 18.6 Å². The number of anilines is 1. The van der Waals surface area contributed by atoms with Gasteiger partial charge in [-0.15, -0.1) is 0 Å². The van der Waals surface area contributed by atoms with Gasteiger partial charge in [-0.3, -0.25) is 0 Å². The summed E-state index contributed by atoms with van der Waals surface area (Å²) >= 11 is 0. The summed E-state index contributed by atoms with van der Waals surface area (Å²) in [5.41, 5.74) is 7.14. The van der Waals surface area contributed by atoms with E-state index >= 15 is 0 Å². The minimum absolute atomic E-state index is 0.268. The maximum absolute atomic E-state index is 13.1. The molecule has 0 aliphatic heterocycles. The fourth-order valence-electron chi connectivity index (χ4n) is 1.67. The van der Waals surface area contributed by atoms with Crippen LogP contribution in [-0.4, -0.2) is 18.1 Å². The lowest BCUT2D eigenvalue weighted by atomic mass is 10.1. The van der Waals surface area contributed by atoms with Gasteiger partial charge in [0.25, 0.3) is 0 Å².